The number of esters is 1. The van der Waals surface area contributed by atoms with Crippen LogP contribution in [0.5, 0.6) is 0 Å². The first-order valence-electron chi connectivity index (χ1n) is 10.2. The number of rotatable bonds is 1. The Morgan fingerprint density at radius 2 is 1.88 bits per heavy atom. The highest BCUT2D eigenvalue weighted by Crippen LogP contribution is 2.67. The van der Waals surface area contributed by atoms with Gasteiger partial charge >= 0.3 is 5.97 Å². The highest BCUT2D eigenvalue weighted by molar-refractivity contribution is 5.66. The lowest BCUT2D eigenvalue weighted by Gasteiger charge is -2.60. The van der Waals surface area contributed by atoms with Crippen LogP contribution in [0.2, 0.25) is 0 Å². The molecule has 4 rings (SSSR count). The molecule has 4 unspecified atom stereocenters. The van der Waals surface area contributed by atoms with E-state index < -0.39 is 0 Å². The zero-order valence-corrected chi connectivity index (χ0v) is 15.8. The van der Waals surface area contributed by atoms with E-state index in [1.807, 2.05) is 0 Å². The monoisotopic (exact) mass is 330 g/mol. The minimum Gasteiger partial charge on any atom is -0.463 e. The largest absolute Gasteiger partial charge is 0.463 e. The number of carbonyl (C=O) groups is 1. The van der Waals surface area contributed by atoms with Crippen LogP contribution in [0.3, 0.4) is 0 Å². The van der Waals surface area contributed by atoms with Gasteiger partial charge in [0.25, 0.3) is 0 Å². The van der Waals surface area contributed by atoms with Gasteiger partial charge in [0, 0.05) is 6.92 Å². The maximum Gasteiger partial charge on any atom is 0.302 e. The van der Waals surface area contributed by atoms with Crippen LogP contribution in [-0.2, 0) is 9.53 Å². The first-order valence-corrected chi connectivity index (χ1v) is 10.2. The summed E-state index contributed by atoms with van der Waals surface area (Å²) in [7, 11) is 0. The lowest BCUT2D eigenvalue weighted by molar-refractivity contribution is -0.158. The summed E-state index contributed by atoms with van der Waals surface area (Å²) in [5.74, 6) is 3.33. The molecule has 2 heteroatoms. The van der Waals surface area contributed by atoms with Crippen LogP contribution in [0.4, 0.5) is 0 Å². The summed E-state index contributed by atoms with van der Waals surface area (Å²) in [5, 5.41) is 0. The Morgan fingerprint density at radius 3 is 2.62 bits per heavy atom. The second-order valence-corrected chi connectivity index (χ2v) is 9.76. The van der Waals surface area contributed by atoms with E-state index >= 15 is 0 Å². The lowest BCUT2D eigenvalue weighted by Crippen LogP contribution is -2.53. The van der Waals surface area contributed by atoms with E-state index in [1.54, 1.807) is 6.92 Å². The highest BCUT2D eigenvalue weighted by atomic mass is 16.5. The molecule has 0 N–H and O–H groups in total. The van der Waals surface area contributed by atoms with Crippen LogP contribution in [0, 0.1) is 34.5 Å². The molecule has 0 aromatic heterocycles. The normalized spacial score (nSPS) is 50.6. The van der Waals surface area contributed by atoms with Gasteiger partial charge in [-0.1, -0.05) is 26.0 Å². The molecule has 0 aromatic rings. The summed E-state index contributed by atoms with van der Waals surface area (Å²) in [6, 6.07) is 0. The summed E-state index contributed by atoms with van der Waals surface area (Å²) in [6.07, 6.45) is 11.7. The Labute approximate surface area is 147 Å². The quantitative estimate of drug-likeness (QED) is 0.467. The zero-order valence-electron chi connectivity index (χ0n) is 15.8. The molecule has 7 atom stereocenters. The van der Waals surface area contributed by atoms with Crippen molar-refractivity contribution in [2.24, 2.45) is 34.5 Å². The number of carbonyl (C=O) groups excluding carboxylic acids is 1. The fraction of sp³-hybridized carbons (Fsp3) is 0.864. The van der Waals surface area contributed by atoms with Crippen LogP contribution in [0.1, 0.15) is 78.6 Å². The second kappa shape index (κ2) is 5.61. The molecule has 4 aliphatic carbocycles. The molecular weight excluding hydrogens is 296 g/mol. The molecule has 24 heavy (non-hydrogen) atoms. The molecule has 0 aliphatic heterocycles. The van der Waals surface area contributed by atoms with Gasteiger partial charge in [0.05, 0.1) is 0 Å². The SMILES string of the molecule is C=C1CCC2C3CC[C@H]4C[C@@H](OC(C)=O)CCC4(C)C3CC[C@]12C. The van der Waals surface area contributed by atoms with Crippen molar-refractivity contribution in [3.05, 3.63) is 12.2 Å². The molecule has 0 radical (unpaired) electrons. The predicted molar refractivity (Wildman–Crippen MR) is 96.4 cm³/mol. The third-order valence-electron chi connectivity index (χ3n) is 8.90. The van der Waals surface area contributed by atoms with E-state index in [4.69, 9.17) is 4.74 Å². The average molecular weight is 331 g/mol. The Balaban J connectivity index is 1.54. The van der Waals surface area contributed by atoms with Gasteiger partial charge in [0.1, 0.15) is 6.10 Å². The first kappa shape index (κ1) is 16.7. The minimum absolute atomic E-state index is 0.102. The Bertz CT molecular complexity index is 552. The number of ether oxygens (including phenoxy) is 1. The molecule has 0 spiro atoms. The van der Waals surface area contributed by atoms with Crippen molar-refractivity contribution in [2.45, 2.75) is 84.7 Å². The maximum atomic E-state index is 11.3. The smallest absolute Gasteiger partial charge is 0.302 e. The molecule has 4 saturated carbocycles. The molecule has 0 heterocycles. The van der Waals surface area contributed by atoms with Gasteiger partial charge in [0.2, 0.25) is 0 Å². The van der Waals surface area contributed by atoms with Crippen molar-refractivity contribution in [1.29, 1.82) is 0 Å². The molecule has 0 amide bonds. The van der Waals surface area contributed by atoms with Crippen molar-refractivity contribution in [1.82, 2.24) is 0 Å². The molecule has 2 nitrogen and oxygen atoms in total. The molecule has 0 saturated heterocycles. The van der Waals surface area contributed by atoms with Crippen LogP contribution < -0.4 is 0 Å². The van der Waals surface area contributed by atoms with Crippen LogP contribution >= 0.6 is 0 Å². The summed E-state index contributed by atoms with van der Waals surface area (Å²) in [6.45, 7) is 11.1. The Morgan fingerprint density at radius 1 is 1.08 bits per heavy atom. The number of hydrogen-bond donors (Lipinski definition) is 0. The zero-order chi connectivity index (χ0) is 17.1. The van der Waals surface area contributed by atoms with Crippen LogP contribution in [0.15, 0.2) is 12.2 Å². The van der Waals surface area contributed by atoms with E-state index in [0.717, 1.165) is 36.5 Å². The van der Waals surface area contributed by atoms with Crippen LogP contribution in [-0.4, -0.2) is 12.1 Å². The van der Waals surface area contributed by atoms with Gasteiger partial charge < -0.3 is 4.74 Å². The third-order valence-corrected chi connectivity index (χ3v) is 8.90. The standard InChI is InChI=1S/C22H34O2/c1-14-5-8-19-18-7-6-16-13-17(24-15(2)23)9-11-22(16,4)20(18)10-12-21(14,19)3/h16-20H,1,5-13H2,2-4H3/t16-,17-,18?,19?,20?,21+,22?/m0/s1. The summed E-state index contributed by atoms with van der Waals surface area (Å²) >= 11 is 0. The molecule has 134 valence electrons. The van der Waals surface area contributed by atoms with E-state index in [0.29, 0.717) is 10.8 Å². The van der Waals surface area contributed by atoms with Crippen molar-refractivity contribution in [2.75, 3.05) is 0 Å². The number of fused-ring (bicyclic) bond motifs is 5. The number of allylic oxidation sites excluding steroid dienone is 1. The molecular formula is C22H34O2. The fourth-order valence-electron chi connectivity index (χ4n) is 7.47. The number of hydrogen-bond acceptors (Lipinski definition) is 2. The highest BCUT2D eigenvalue weighted by Gasteiger charge is 2.58. The third kappa shape index (κ3) is 2.31. The van der Waals surface area contributed by atoms with E-state index in [2.05, 4.69) is 20.4 Å². The Hall–Kier alpha value is -0.790. The summed E-state index contributed by atoms with van der Waals surface area (Å²) < 4.78 is 5.57. The van der Waals surface area contributed by atoms with Gasteiger partial charge in [-0.2, -0.15) is 0 Å². The molecule has 0 bridgehead atoms. The molecule has 0 aromatic carbocycles. The van der Waals surface area contributed by atoms with E-state index in [-0.39, 0.29) is 12.1 Å². The van der Waals surface area contributed by atoms with Crippen molar-refractivity contribution in [3.63, 3.8) is 0 Å². The van der Waals surface area contributed by atoms with Crippen molar-refractivity contribution < 1.29 is 9.53 Å². The second-order valence-electron chi connectivity index (χ2n) is 9.76. The van der Waals surface area contributed by atoms with Crippen molar-refractivity contribution >= 4 is 5.97 Å². The lowest BCUT2D eigenvalue weighted by atomic mass is 9.45. The molecule has 4 fully saturated rings. The maximum absolute atomic E-state index is 11.3. The van der Waals surface area contributed by atoms with Crippen LogP contribution in [0.25, 0.3) is 0 Å². The fourth-order valence-corrected chi connectivity index (χ4v) is 7.47. The minimum atomic E-state index is -0.102. The van der Waals surface area contributed by atoms with Gasteiger partial charge in [-0.05, 0) is 92.3 Å². The summed E-state index contributed by atoms with van der Waals surface area (Å²) in [4.78, 5) is 11.3. The average Bonchev–Trinajstić information content (AvgIpc) is 2.83. The van der Waals surface area contributed by atoms with Gasteiger partial charge in [-0.3, -0.25) is 4.79 Å². The van der Waals surface area contributed by atoms with Gasteiger partial charge in [0.15, 0.2) is 0 Å². The van der Waals surface area contributed by atoms with Gasteiger partial charge in [-0.15, -0.1) is 0 Å². The first-order chi connectivity index (χ1) is 11.3. The molecule has 4 aliphatic rings. The topological polar surface area (TPSA) is 26.3 Å². The van der Waals surface area contributed by atoms with Crippen molar-refractivity contribution in [3.8, 4) is 0 Å². The van der Waals surface area contributed by atoms with E-state index in [9.17, 15) is 4.79 Å². The predicted octanol–water partition coefficient (Wildman–Crippen LogP) is 5.52. The summed E-state index contributed by atoms with van der Waals surface area (Å²) in [5.41, 5.74) is 2.45. The van der Waals surface area contributed by atoms with Gasteiger partial charge in [-0.25, -0.2) is 0 Å². The van der Waals surface area contributed by atoms with E-state index in [1.165, 1.54) is 50.5 Å². The Kier molecular flexibility index (Phi) is 3.89.